The van der Waals surface area contributed by atoms with Gasteiger partial charge in [-0.25, -0.2) is 0 Å². The summed E-state index contributed by atoms with van der Waals surface area (Å²) >= 11 is 19.1. The monoisotopic (exact) mass is 1560 g/mol. The predicted octanol–water partition coefficient (Wildman–Crippen LogP) is 12.3. The fourth-order valence-corrected chi connectivity index (χ4v) is 17.8. The summed E-state index contributed by atoms with van der Waals surface area (Å²) in [5.41, 5.74) is 6.92. The second-order valence-corrected chi connectivity index (χ2v) is 32.7. The second-order valence-electron chi connectivity index (χ2n) is 26.6. The summed E-state index contributed by atoms with van der Waals surface area (Å²) in [7, 11) is 0. The van der Waals surface area contributed by atoms with E-state index in [-0.39, 0.29) is 114 Å². The highest BCUT2D eigenvalue weighted by atomic mass is 32.2. The predicted molar refractivity (Wildman–Crippen MR) is 433 cm³/mol. The Labute approximate surface area is 657 Å². The van der Waals surface area contributed by atoms with Crippen LogP contribution < -0.4 is 16.0 Å². The summed E-state index contributed by atoms with van der Waals surface area (Å²) in [5.74, 6) is 0.415. The number of carbonyl (C=O) groups excluding carboxylic acids is 5. The largest absolute Gasteiger partial charge is 0.490 e. The topological polar surface area (TPSA) is 190 Å². The van der Waals surface area contributed by atoms with Crippen LogP contribution in [0.25, 0.3) is 0 Å². The summed E-state index contributed by atoms with van der Waals surface area (Å²) in [5, 5.41) is 10.3. The molecule has 562 valence electrons. The van der Waals surface area contributed by atoms with Gasteiger partial charge >= 0.3 is 0 Å². The number of thiol groups is 3. The molecule has 3 aliphatic carbocycles. The molecule has 0 bridgehead atoms. The Morgan fingerprint density at radius 3 is 1.47 bits per heavy atom. The Hall–Kier alpha value is -7.75. The number of carbonyl (C=O) groups is 5. The number of nitrogens with zero attached hydrogens (tertiary/aromatic N) is 4. The molecule has 3 fully saturated rings. The van der Waals surface area contributed by atoms with E-state index in [0.29, 0.717) is 75.1 Å². The fourth-order valence-electron chi connectivity index (χ4n) is 13.5. The maximum absolute atomic E-state index is 15.2. The molecule has 0 radical (unpaired) electrons. The first-order valence-electron chi connectivity index (χ1n) is 36.4. The maximum Gasteiger partial charge on any atom is 0.254 e. The van der Waals surface area contributed by atoms with E-state index in [1.807, 2.05) is 200 Å². The van der Waals surface area contributed by atoms with Gasteiger partial charge in [-0.2, -0.15) is 0 Å². The lowest BCUT2D eigenvalue weighted by molar-refractivity contribution is -0.139. The zero-order valence-corrected chi connectivity index (χ0v) is 65.0. The van der Waals surface area contributed by atoms with E-state index >= 15 is 9.59 Å². The Morgan fingerprint density at radius 2 is 0.953 bits per heavy atom. The molecule has 0 saturated carbocycles. The van der Waals surface area contributed by atoms with Crippen LogP contribution in [0.3, 0.4) is 0 Å². The number of rotatable bonds is 34. The Balaban J connectivity index is 0.824. The van der Waals surface area contributed by atoms with Crippen molar-refractivity contribution in [3.63, 3.8) is 0 Å². The number of thioether (sulfide) groups is 3. The van der Waals surface area contributed by atoms with Crippen molar-refractivity contribution in [1.29, 1.82) is 0 Å². The lowest BCUT2D eigenvalue weighted by Gasteiger charge is -2.35. The van der Waals surface area contributed by atoms with Crippen molar-refractivity contribution >= 4 is 103 Å². The fraction of sp³-hybridized carbons (Fsp3) is 0.361. The van der Waals surface area contributed by atoms with Gasteiger partial charge in [-0.1, -0.05) is 200 Å². The third-order valence-electron chi connectivity index (χ3n) is 19.3. The zero-order valence-electron chi connectivity index (χ0n) is 59.9. The molecular weight excluding hydrogens is 1460 g/mol. The summed E-state index contributed by atoms with van der Waals surface area (Å²) in [6.45, 7) is 6.60. The third kappa shape index (κ3) is 21.6. The molecule has 6 aromatic carbocycles. The first-order valence-corrected chi connectivity index (χ1v) is 41.1. The van der Waals surface area contributed by atoms with Gasteiger partial charge in [0.1, 0.15) is 64.3 Å². The molecule has 6 aromatic rings. The highest BCUT2D eigenvalue weighted by Gasteiger charge is 2.44. The number of benzene rings is 6. The average Bonchev–Trinajstić information content (AvgIpc) is 0.862. The van der Waals surface area contributed by atoms with E-state index in [1.165, 1.54) is 0 Å². The van der Waals surface area contributed by atoms with E-state index in [2.05, 4.69) is 27.8 Å². The van der Waals surface area contributed by atoms with E-state index < -0.39 is 35.9 Å². The van der Waals surface area contributed by atoms with Crippen molar-refractivity contribution in [3.05, 3.63) is 286 Å². The maximum atomic E-state index is 15.2. The summed E-state index contributed by atoms with van der Waals surface area (Å²) in [6.07, 6.45) is 7.88. The minimum Gasteiger partial charge on any atom is -0.490 e. The van der Waals surface area contributed by atoms with Gasteiger partial charge in [0, 0.05) is 87.8 Å². The van der Waals surface area contributed by atoms with Crippen LogP contribution in [0.1, 0.15) is 53.1 Å². The van der Waals surface area contributed by atoms with Crippen LogP contribution >= 0.6 is 73.2 Å². The molecule has 3 saturated heterocycles. The van der Waals surface area contributed by atoms with Crippen LogP contribution in [-0.2, 0) is 92.0 Å². The van der Waals surface area contributed by atoms with Crippen molar-refractivity contribution in [3.8, 4) is 0 Å². The van der Waals surface area contributed by atoms with Crippen LogP contribution in [0.4, 0.5) is 0 Å². The smallest absolute Gasteiger partial charge is 0.254 e. The molecule has 3 N–H and O–H groups in total. The minimum absolute atomic E-state index is 0.0901. The molecule has 3 aliphatic heterocycles. The Kier molecular flexibility index (Phi) is 29.5. The van der Waals surface area contributed by atoms with Crippen molar-refractivity contribution in [2.75, 3.05) is 76.2 Å². The molecule has 0 aromatic heterocycles. The number of amides is 5. The molecule has 12 rings (SSSR count). The van der Waals surface area contributed by atoms with Gasteiger partial charge in [0.05, 0.1) is 42.1 Å². The van der Waals surface area contributed by atoms with Gasteiger partial charge in [0.2, 0.25) is 17.7 Å². The molecule has 18 nitrogen and oxygen atoms in total. The summed E-state index contributed by atoms with van der Waals surface area (Å²) < 4.78 is 39.7. The van der Waals surface area contributed by atoms with Crippen LogP contribution in [-0.4, -0.2) is 158 Å². The zero-order chi connectivity index (χ0) is 74.3. The molecule has 24 heteroatoms. The van der Waals surface area contributed by atoms with Gasteiger partial charge in [0.25, 0.3) is 11.8 Å². The van der Waals surface area contributed by atoms with Crippen molar-refractivity contribution in [2.45, 2.75) is 91.8 Å². The molecule has 107 heavy (non-hydrogen) atoms. The molecule has 9 unspecified atom stereocenters. The molecule has 5 amide bonds. The van der Waals surface area contributed by atoms with Gasteiger partial charge in [-0.15, -0.1) is 73.2 Å². The van der Waals surface area contributed by atoms with Crippen LogP contribution in [0.2, 0.25) is 0 Å². The minimum atomic E-state index is -0.969. The van der Waals surface area contributed by atoms with Crippen LogP contribution in [0.15, 0.2) is 252 Å². The van der Waals surface area contributed by atoms with Crippen LogP contribution in [0.5, 0.6) is 0 Å². The highest BCUT2D eigenvalue weighted by molar-refractivity contribution is 8.11. The molecule has 6 aliphatic rings. The first-order chi connectivity index (χ1) is 52.3. The molecule has 9 atom stereocenters. The van der Waals surface area contributed by atoms with Crippen molar-refractivity contribution in [2.24, 2.45) is 17.8 Å². The van der Waals surface area contributed by atoms with Crippen LogP contribution in [0, 0.1) is 17.8 Å². The van der Waals surface area contributed by atoms with E-state index in [4.69, 9.17) is 66.3 Å². The third-order valence-corrected chi connectivity index (χ3v) is 24.4. The quantitative estimate of drug-likeness (QED) is 0.0209. The van der Waals surface area contributed by atoms with Gasteiger partial charge < -0.3 is 59.1 Å². The van der Waals surface area contributed by atoms with Gasteiger partial charge in [-0.3, -0.25) is 28.9 Å². The summed E-state index contributed by atoms with van der Waals surface area (Å²) in [6, 6.07) is 58.3. The highest BCUT2D eigenvalue weighted by Crippen LogP contribution is 2.40. The second kappa shape index (κ2) is 40.1. The average molecular weight is 1560 g/mol. The van der Waals surface area contributed by atoms with Gasteiger partial charge in [-0.05, 0) is 65.3 Å². The SMILES string of the molecule is CC(NCCN(CCNC(=O)C1=C(OCc2ccccc2)C(OCc2ccccc2)C(C(=O)N2CCSC2S)C=C1)CCNC(=O)C1CCC(C(=O)N2CCSC2S)=C(OCc2ccccc2)C1OCc1ccccc1)C1=C(OCc2ccccc2)C(OCc2ccccc2)=CC(C(=O)N2CCSC2S)C=C1. The molecule has 3 heterocycles. The van der Waals surface area contributed by atoms with E-state index in [9.17, 15) is 14.4 Å². The number of hydrogen-bond donors (Lipinski definition) is 6. The lowest BCUT2D eigenvalue weighted by Crippen LogP contribution is -2.47. The van der Waals surface area contributed by atoms with Gasteiger partial charge in [0.15, 0.2) is 11.5 Å². The van der Waals surface area contributed by atoms with E-state index in [1.54, 1.807) is 62.1 Å². The van der Waals surface area contributed by atoms with Crippen molar-refractivity contribution < 1.29 is 52.4 Å². The number of ether oxygens (including phenoxy) is 6. The Bertz CT molecular complexity index is 4150. The van der Waals surface area contributed by atoms with Crippen molar-refractivity contribution in [1.82, 2.24) is 35.6 Å². The Morgan fingerprint density at radius 1 is 0.505 bits per heavy atom. The number of nitrogens with one attached hydrogen (secondary N) is 3. The van der Waals surface area contributed by atoms with E-state index in [0.717, 1.165) is 56.2 Å². The molecule has 0 spiro atoms. The first kappa shape index (κ1) is 78.8. The normalized spacial score (nSPS) is 21.8. The number of hydrogen-bond acceptors (Lipinski definition) is 19. The lowest BCUT2D eigenvalue weighted by atomic mass is 9.84. The summed E-state index contributed by atoms with van der Waals surface area (Å²) in [4.78, 5) is 81.5. The standard InChI is InChI=1S/C83H93N7O11S6/c1-57(65-33-32-64(78(93)88-44-47-105-81(88)102)50-70(96-51-58-20-8-2-9-21-58)71(65)97-52-59-22-10-3-11-23-59)84-38-41-87(42-39-85-76(91)66-34-36-68(79(94)89-45-48-106-82(89)103)74(100-55-62-28-16-6-17-29-62)72(66)98-53-60-24-12-4-13-25-60)43-40-86-77(92)67-35-37-69(80(95)90-46-49-107-83(90)104)75(101-56-63-30-18-7-19-31-63)73(67)99-54-61-26-14-5-15-27-61/h2-34,36,50,57,64,67-68,73-74,81-84,102-104H,35,37-49,51-56H2,1H3,(H,85,91)(H,86,92). The molecular formula is C83H93N7O11S6.